The van der Waals surface area contributed by atoms with Crippen molar-refractivity contribution in [2.75, 3.05) is 13.7 Å². The molecule has 2 heteroatoms. The van der Waals surface area contributed by atoms with Gasteiger partial charge < -0.3 is 10.1 Å². The van der Waals surface area contributed by atoms with E-state index in [9.17, 15) is 0 Å². The molecule has 1 aromatic rings. The van der Waals surface area contributed by atoms with Gasteiger partial charge in [0.2, 0.25) is 0 Å². The first-order chi connectivity index (χ1) is 7.44. The van der Waals surface area contributed by atoms with Crippen molar-refractivity contribution in [2.24, 2.45) is 0 Å². The topological polar surface area (TPSA) is 21.3 Å². The van der Waals surface area contributed by atoms with Crippen LogP contribution in [0.4, 0.5) is 0 Å². The monoisotopic (exact) mass is 221 g/mol. The van der Waals surface area contributed by atoms with E-state index in [1.165, 1.54) is 11.1 Å². The Balaban J connectivity index is 2.46. The Bertz CT molecular complexity index is 345. The van der Waals surface area contributed by atoms with Crippen LogP contribution in [0, 0.1) is 13.8 Å². The third-order valence-electron chi connectivity index (χ3n) is 3.15. The first-order valence-corrected chi connectivity index (χ1v) is 5.83. The van der Waals surface area contributed by atoms with Gasteiger partial charge in [0.25, 0.3) is 0 Å². The van der Waals surface area contributed by atoms with Crippen LogP contribution >= 0.6 is 0 Å². The van der Waals surface area contributed by atoms with Crippen LogP contribution in [0.1, 0.15) is 31.4 Å². The average Bonchev–Trinajstić information content (AvgIpc) is 2.23. The Hall–Kier alpha value is -1.02. The number of aryl methyl sites for hydroxylation is 2. The van der Waals surface area contributed by atoms with Crippen LogP contribution in [0.15, 0.2) is 18.2 Å². The van der Waals surface area contributed by atoms with Gasteiger partial charge >= 0.3 is 0 Å². The Labute approximate surface area is 99.0 Å². The van der Waals surface area contributed by atoms with Gasteiger partial charge in [-0.2, -0.15) is 0 Å². The van der Waals surface area contributed by atoms with Crippen LogP contribution in [-0.4, -0.2) is 19.2 Å². The van der Waals surface area contributed by atoms with Gasteiger partial charge in [-0.15, -0.1) is 0 Å². The zero-order valence-corrected chi connectivity index (χ0v) is 11.1. The van der Waals surface area contributed by atoms with Gasteiger partial charge in [-0.1, -0.05) is 6.07 Å². The predicted molar refractivity (Wildman–Crippen MR) is 69.2 cm³/mol. The highest BCUT2D eigenvalue weighted by atomic mass is 16.5. The lowest BCUT2D eigenvalue weighted by Gasteiger charge is -2.23. The molecule has 0 unspecified atom stereocenters. The molecule has 2 nitrogen and oxygen atoms in total. The van der Waals surface area contributed by atoms with Crippen LogP contribution in [0.25, 0.3) is 0 Å². The molecule has 1 N–H and O–H groups in total. The molecule has 0 bridgehead atoms. The predicted octanol–water partition coefficient (Wildman–Crippen LogP) is 3.07. The molecule has 0 fully saturated rings. The molecule has 16 heavy (non-hydrogen) atoms. The van der Waals surface area contributed by atoms with E-state index in [1.807, 2.05) is 13.1 Å². The van der Waals surface area contributed by atoms with Crippen molar-refractivity contribution < 1.29 is 4.74 Å². The van der Waals surface area contributed by atoms with Gasteiger partial charge in [-0.05, 0) is 64.4 Å². The SMILES string of the molecule is CNC(C)(C)CCOc1ccc(C)c(C)c1. The molecule has 0 heterocycles. The van der Waals surface area contributed by atoms with Crippen LogP contribution < -0.4 is 10.1 Å². The molecule has 0 aromatic heterocycles. The molecule has 0 aliphatic carbocycles. The molecule has 1 aromatic carbocycles. The second-order valence-electron chi connectivity index (χ2n) is 4.98. The highest BCUT2D eigenvalue weighted by molar-refractivity contribution is 5.33. The Morgan fingerprint density at radius 1 is 1.19 bits per heavy atom. The minimum absolute atomic E-state index is 0.139. The highest BCUT2D eigenvalue weighted by Crippen LogP contribution is 2.17. The van der Waals surface area contributed by atoms with Crippen molar-refractivity contribution >= 4 is 0 Å². The minimum Gasteiger partial charge on any atom is -0.494 e. The Morgan fingerprint density at radius 2 is 1.88 bits per heavy atom. The number of hydrogen-bond acceptors (Lipinski definition) is 2. The number of ether oxygens (including phenoxy) is 1. The summed E-state index contributed by atoms with van der Waals surface area (Å²) in [5, 5.41) is 3.27. The van der Waals surface area contributed by atoms with Crippen molar-refractivity contribution in [3.8, 4) is 5.75 Å². The molecule has 0 radical (unpaired) electrons. The van der Waals surface area contributed by atoms with E-state index < -0.39 is 0 Å². The molecule has 0 amide bonds. The number of rotatable bonds is 5. The lowest BCUT2D eigenvalue weighted by atomic mass is 10.0. The standard InChI is InChI=1S/C14H23NO/c1-11-6-7-13(10-12(11)2)16-9-8-14(3,4)15-5/h6-7,10,15H,8-9H2,1-5H3. The molecule has 0 spiro atoms. The molecule has 0 aliphatic heterocycles. The first-order valence-electron chi connectivity index (χ1n) is 5.83. The minimum atomic E-state index is 0.139. The van der Waals surface area contributed by atoms with Crippen molar-refractivity contribution in [3.63, 3.8) is 0 Å². The molecule has 0 aliphatic rings. The molecule has 90 valence electrons. The zero-order valence-electron chi connectivity index (χ0n) is 11.1. The van der Waals surface area contributed by atoms with Crippen LogP contribution in [0.2, 0.25) is 0 Å². The zero-order chi connectivity index (χ0) is 12.2. The van der Waals surface area contributed by atoms with Gasteiger partial charge in [0, 0.05) is 5.54 Å². The Morgan fingerprint density at radius 3 is 2.44 bits per heavy atom. The van der Waals surface area contributed by atoms with E-state index in [1.54, 1.807) is 0 Å². The van der Waals surface area contributed by atoms with Gasteiger partial charge in [0.1, 0.15) is 5.75 Å². The van der Waals surface area contributed by atoms with Gasteiger partial charge in [-0.3, -0.25) is 0 Å². The molecule has 0 atom stereocenters. The fourth-order valence-corrected chi connectivity index (χ4v) is 1.35. The number of hydrogen-bond donors (Lipinski definition) is 1. The van der Waals surface area contributed by atoms with Crippen LogP contribution in [0.5, 0.6) is 5.75 Å². The van der Waals surface area contributed by atoms with Crippen LogP contribution in [-0.2, 0) is 0 Å². The maximum atomic E-state index is 5.74. The lowest BCUT2D eigenvalue weighted by molar-refractivity contribution is 0.256. The van der Waals surface area contributed by atoms with E-state index in [4.69, 9.17) is 4.74 Å². The maximum Gasteiger partial charge on any atom is 0.119 e. The Kier molecular flexibility index (Phi) is 4.36. The summed E-state index contributed by atoms with van der Waals surface area (Å²) in [5.41, 5.74) is 2.73. The largest absolute Gasteiger partial charge is 0.494 e. The van der Waals surface area contributed by atoms with Crippen molar-refractivity contribution in [3.05, 3.63) is 29.3 Å². The molecular formula is C14H23NO. The quantitative estimate of drug-likeness (QED) is 0.825. The van der Waals surface area contributed by atoms with E-state index >= 15 is 0 Å². The van der Waals surface area contributed by atoms with Gasteiger partial charge in [0.05, 0.1) is 6.61 Å². The van der Waals surface area contributed by atoms with Crippen molar-refractivity contribution in [2.45, 2.75) is 39.7 Å². The summed E-state index contributed by atoms with van der Waals surface area (Å²) < 4.78 is 5.74. The molecule has 0 saturated carbocycles. The lowest BCUT2D eigenvalue weighted by Crippen LogP contribution is -2.37. The molecular weight excluding hydrogens is 198 g/mol. The highest BCUT2D eigenvalue weighted by Gasteiger charge is 2.14. The normalized spacial score (nSPS) is 11.6. The van der Waals surface area contributed by atoms with E-state index in [0.29, 0.717) is 0 Å². The summed E-state index contributed by atoms with van der Waals surface area (Å²) in [4.78, 5) is 0. The smallest absolute Gasteiger partial charge is 0.119 e. The summed E-state index contributed by atoms with van der Waals surface area (Å²) in [6, 6.07) is 6.24. The number of benzene rings is 1. The molecule has 1 rings (SSSR count). The summed E-state index contributed by atoms with van der Waals surface area (Å²) in [6.07, 6.45) is 0.996. The second kappa shape index (κ2) is 5.35. The van der Waals surface area contributed by atoms with E-state index in [-0.39, 0.29) is 5.54 Å². The van der Waals surface area contributed by atoms with Gasteiger partial charge in [-0.25, -0.2) is 0 Å². The summed E-state index contributed by atoms with van der Waals surface area (Å²) in [7, 11) is 1.98. The van der Waals surface area contributed by atoms with Crippen LogP contribution in [0.3, 0.4) is 0 Å². The third kappa shape index (κ3) is 3.86. The fourth-order valence-electron chi connectivity index (χ4n) is 1.35. The fraction of sp³-hybridized carbons (Fsp3) is 0.571. The van der Waals surface area contributed by atoms with Gasteiger partial charge in [0.15, 0.2) is 0 Å². The average molecular weight is 221 g/mol. The second-order valence-corrected chi connectivity index (χ2v) is 4.98. The third-order valence-corrected chi connectivity index (χ3v) is 3.15. The maximum absolute atomic E-state index is 5.74. The van der Waals surface area contributed by atoms with Crippen molar-refractivity contribution in [1.82, 2.24) is 5.32 Å². The summed E-state index contributed by atoms with van der Waals surface area (Å²) in [5.74, 6) is 0.968. The van der Waals surface area contributed by atoms with E-state index in [2.05, 4.69) is 45.1 Å². The molecule has 0 saturated heterocycles. The summed E-state index contributed by atoms with van der Waals surface area (Å²) >= 11 is 0. The first kappa shape index (κ1) is 13.0. The van der Waals surface area contributed by atoms with Crippen molar-refractivity contribution in [1.29, 1.82) is 0 Å². The summed E-state index contributed by atoms with van der Waals surface area (Å²) in [6.45, 7) is 9.33. The van der Waals surface area contributed by atoms with E-state index in [0.717, 1.165) is 18.8 Å². The number of nitrogens with one attached hydrogen (secondary N) is 1.